The summed E-state index contributed by atoms with van der Waals surface area (Å²) in [4.78, 5) is 4.32. The summed E-state index contributed by atoms with van der Waals surface area (Å²) >= 11 is 1.50. The van der Waals surface area contributed by atoms with E-state index in [1.807, 2.05) is 31.4 Å². The molecular weight excluding hydrogens is 218 g/mol. The van der Waals surface area contributed by atoms with Gasteiger partial charge in [-0.15, -0.1) is 11.3 Å². The predicted molar refractivity (Wildman–Crippen MR) is 66.8 cm³/mol. The zero-order valence-corrected chi connectivity index (χ0v) is 10.5. The Morgan fingerprint density at radius 3 is 2.56 bits per heavy atom. The van der Waals surface area contributed by atoms with Crippen molar-refractivity contribution in [3.63, 3.8) is 0 Å². The normalized spacial score (nSPS) is 12.8. The third-order valence-corrected chi connectivity index (χ3v) is 3.61. The zero-order valence-electron chi connectivity index (χ0n) is 9.69. The van der Waals surface area contributed by atoms with E-state index in [1.165, 1.54) is 16.9 Å². The van der Waals surface area contributed by atoms with Crippen molar-refractivity contribution in [3.05, 3.63) is 51.0 Å². The number of aryl methyl sites for hydroxylation is 3. The Bertz CT molecular complexity index is 504. The Kier molecular flexibility index (Phi) is 3.08. The van der Waals surface area contributed by atoms with Gasteiger partial charge in [0.1, 0.15) is 11.1 Å². The Morgan fingerprint density at radius 2 is 2.00 bits per heavy atom. The second-order valence-corrected chi connectivity index (χ2v) is 4.98. The van der Waals surface area contributed by atoms with E-state index in [1.54, 1.807) is 0 Å². The van der Waals surface area contributed by atoms with Crippen molar-refractivity contribution in [1.82, 2.24) is 4.98 Å². The van der Waals surface area contributed by atoms with Crippen molar-refractivity contribution in [2.45, 2.75) is 26.9 Å². The van der Waals surface area contributed by atoms with Gasteiger partial charge in [-0.3, -0.25) is 0 Å². The second-order valence-electron chi connectivity index (χ2n) is 4.09. The third-order valence-electron chi connectivity index (χ3n) is 2.59. The number of nitrogens with zero attached hydrogens (tertiary/aromatic N) is 1. The summed E-state index contributed by atoms with van der Waals surface area (Å²) in [5, 5.41) is 13.0. The van der Waals surface area contributed by atoms with E-state index in [-0.39, 0.29) is 0 Å². The molecule has 0 radical (unpaired) electrons. The topological polar surface area (TPSA) is 33.1 Å². The first-order valence-corrected chi connectivity index (χ1v) is 6.13. The first-order valence-electron chi connectivity index (χ1n) is 5.25. The molecule has 0 bridgehead atoms. The van der Waals surface area contributed by atoms with Crippen LogP contribution in [0, 0.1) is 20.8 Å². The molecule has 2 aromatic rings. The molecule has 84 valence electrons. The molecule has 0 saturated heterocycles. The van der Waals surface area contributed by atoms with Gasteiger partial charge in [0.05, 0.1) is 0 Å². The lowest BCUT2D eigenvalue weighted by Gasteiger charge is -2.11. The van der Waals surface area contributed by atoms with Crippen LogP contribution in [0.2, 0.25) is 0 Å². The molecule has 0 fully saturated rings. The van der Waals surface area contributed by atoms with Crippen LogP contribution in [0.25, 0.3) is 0 Å². The molecule has 0 aliphatic rings. The van der Waals surface area contributed by atoms with Gasteiger partial charge in [0.15, 0.2) is 0 Å². The molecule has 0 aliphatic carbocycles. The highest BCUT2D eigenvalue weighted by molar-refractivity contribution is 7.09. The van der Waals surface area contributed by atoms with Gasteiger partial charge in [-0.1, -0.05) is 23.8 Å². The monoisotopic (exact) mass is 233 g/mol. The Morgan fingerprint density at radius 1 is 1.25 bits per heavy atom. The molecule has 0 amide bonds. The highest BCUT2D eigenvalue weighted by Gasteiger charge is 2.15. The lowest BCUT2D eigenvalue weighted by molar-refractivity contribution is 0.219. The van der Waals surface area contributed by atoms with E-state index >= 15 is 0 Å². The molecule has 2 nitrogen and oxygen atoms in total. The van der Waals surface area contributed by atoms with Crippen molar-refractivity contribution in [2.24, 2.45) is 0 Å². The van der Waals surface area contributed by atoms with E-state index in [9.17, 15) is 5.11 Å². The summed E-state index contributed by atoms with van der Waals surface area (Å²) in [6.07, 6.45) is -0.598. The van der Waals surface area contributed by atoms with Crippen molar-refractivity contribution in [2.75, 3.05) is 0 Å². The summed E-state index contributed by atoms with van der Waals surface area (Å²) in [5.74, 6) is 0. The van der Waals surface area contributed by atoms with Crippen molar-refractivity contribution < 1.29 is 5.11 Å². The fourth-order valence-corrected chi connectivity index (χ4v) is 2.56. The fraction of sp³-hybridized carbons (Fsp3) is 0.308. The van der Waals surface area contributed by atoms with Crippen LogP contribution < -0.4 is 0 Å². The van der Waals surface area contributed by atoms with Crippen molar-refractivity contribution >= 4 is 11.3 Å². The van der Waals surface area contributed by atoms with Gasteiger partial charge in [0, 0.05) is 11.1 Å². The lowest BCUT2D eigenvalue weighted by atomic mass is 10.0. The molecule has 1 atom stereocenters. The maximum absolute atomic E-state index is 10.2. The summed E-state index contributed by atoms with van der Waals surface area (Å²) in [6.45, 7) is 6.01. The van der Waals surface area contributed by atoms with E-state index in [0.717, 1.165) is 21.8 Å². The first kappa shape index (κ1) is 11.3. The molecule has 0 aliphatic heterocycles. The standard InChI is InChI=1S/C13H15NOS/c1-8-4-5-11(9(2)6-8)12(15)13-14-10(3)7-16-13/h4-7,12,15H,1-3H3. The van der Waals surface area contributed by atoms with Crippen LogP contribution in [0.1, 0.15) is 33.5 Å². The average Bonchev–Trinajstić information content (AvgIpc) is 2.64. The number of aliphatic hydroxyl groups excluding tert-OH is 1. The molecule has 0 spiro atoms. The Balaban J connectivity index is 2.37. The Hall–Kier alpha value is -1.19. The number of benzene rings is 1. The number of aromatic nitrogens is 1. The molecule has 3 heteroatoms. The second kappa shape index (κ2) is 4.36. The van der Waals surface area contributed by atoms with Gasteiger partial charge in [0.2, 0.25) is 0 Å². The number of thiazole rings is 1. The van der Waals surface area contributed by atoms with Gasteiger partial charge in [-0.2, -0.15) is 0 Å². The highest BCUT2D eigenvalue weighted by Crippen LogP contribution is 2.27. The third kappa shape index (κ3) is 2.15. The number of aliphatic hydroxyl groups is 1. The van der Waals surface area contributed by atoms with Crippen molar-refractivity contribution in [1.29, 1.82) is 0 Å². The van der Waals surface area contributed by atoms with Crippen LogP contribution in [0.4, 0.5) is 0 Å². The minimum absolute atomic E-state index is 0.598. The maximum Gasteiger partial charge on any atom is 0.131 e. The number of hydrogen-bond acceptors (Lipinski definition) is 3. The Labute approximate surface area is 99.6 Å². The van der Waals surface area contributed by atoms with Gasteiger partial charge in [-0.25, -0.2) is 4.98 Å². The minimum Gasteiger partial charge on any atom is -0.381 e. The molecule has 2 rings (SSSR count). The van der Waals surface area contributed by atoms with Crippen LogP contribution in [0.5, 0.6) is 0 Å². The lowest BCUT2D eigenvalue weighted by Crippen LogP contribution is -2.01. The molecule has 1 aromatic carbocycles. The van der Waals surface area contributed by atoms with Crippen LogP contribution in [-0.4, -0.2) is 10.1 Å². The molecule has 1 heterocycles. The summed E-state index contributed by atoms with van der Waals surface area (Å²) < 4.78 is 0. The largest absolute Gasteiger partial charge is 0.381 e. The van der Waals surface area contributed by atoms with E-state index in [2.05, 4.69) is 18.0 Å². The van der Waals surface area contributed by atoms with Gasteiger partial charge in [0.25, 0.3) is 0 Å². The quantitative estimate of drug-likeness (QED) is 0.864. The molecular formula is C13H15NOS. The van der Waals surface area contributed by atoms with E-state index < -0.39 is 6.10 Å². The van der Waals surface area contributed by atoms with Crippen LogP contribution >= 0.6 is 11.3 Å². The smallest absolute Gasteiger partial charge is 0.131 e. The van der Waals surface area contributed by atoms with Gasteiger partial charge < -0.3 is 5.11 Å². The van der Waals surface area contributed by atoms with Gasteiger partial charge in [-0.05, 0) is 31.9 Å². The SMILES string of the molecule is Cc1ccc(C(O)c2nc(C)cs2)c(C)c1. The average molecular weight is 233 g/mol. The van der Waals surface area contributed by atoms with E-state index in [0.29, 0.717) is 0 Å². The summed E-state index contributed by atoms with van der Waals surface area (Å²) in [7, 11) is 0. The maximum atomic E-state index is 10.2. The fourth-order valence-electron chi connectivity index (χ4n) is 1.76. The summed E-state index contributed by atoms with van der Waals surface area (Å²) in [5.41, 5.74) is 4.23. The molecule has 1 unspecified atom stereocenters. The molecule has 1 N–H and O–H groups in total. The zero-order chi connectivity index (χ0) is 11.7. The van der Waals surface area contributed by atoms with Crippen LogP contribution in [-0.2, 0) is 0 Å². The minimum atomic E-state index is -0.598. The van der Waals surface area contributed by atoms with Gasteiger partial charge >= 0.3 is 0 Å². The number of rotatable bonds is 2. The summed E-state index contributed by atoms with van der Waals surface area (Å²) in [6, 6.07) is 6.08. The molecule has 16 heavy (non-hydrogen) atoms. The highest BCUT2D eigenvalue weighted by atomic mass is 32.1. The van der Waals surface area contributed by atoms with Crippen LogP contribution in [0.15, 0.2) is 23.6 Å². The van der Waals surface area contributed by atoms with E-state index in [4.69, 9.17) is 0 Å². The molecule has 0 saturated carbocycles. The molecule has 1 aromatic heterocycles. The van der Waals surface area contributed by atoms with Crippen molar-refractivity contribution in [3.8, 4) is 0 Å². The number of hydrogen-bond donors (Lipinski definition) is 1. The van der Waals surface area contributed by atoms with Crippen LogP contribution in [0.3, 0.4) is 0 Å². The predicted octanol–water partition coefficient (Wildman–Crippen LogP) is 3.15. The first-order chi connectivity index (χ1) is 7.58.